The first-order valence-corrected chi connectivity index (χ1v) is 7.01. The second-order valence-electron chi connectivity index (χ2n) is 6.08. The van der Waals surface area contributed by atoms with Gasteiger partial charge in [0.15, 0.2) is 0 Å². The van der Waals surface area contributed by atoms with Crippen molar-refractivity contribution < 1.29 is 13.5 Å². The Morgan fingerprint density at radius 1 is 1.26 bits per heavy atom. The van der Waals surface area contributed by atoms with Gasteiger partial charge in [-0.25, -0.2) is 8.78 Å². The molecule has 0 aliphatic carbocycles. The molecule has 0 N–H and O–H groups in total. The maximum absolute atomic E-state index is 13.4. The first kappa shape index (κ1) is 14.4. The van der Waals surface area contributed by atoms with Crippen LogP contribution < -0.4 is 0 Å². The van der Waals surface area contributed by atoms with Crippen molar-refractivity contribution in [2.45, 2.75) is 51.6 Å². The normalized spacial score (nSPS) is 24.2. The summed E-state index contributed by atoms with van der Waals surface area (Å²) in [5, 5.41) is 0. The van der Waals surface area contributed by atoms with Crippen molar-refractivity contribution in [3.63, 3.8) is 0 Å². The molecule has 19 heavy (non-hydrogen) atoms. The van der Waals surface area contributed by atoms with Gasteiger partial charge in [0.05, 0.1) is 5.60 Å². The third-order valence-electron chi connectivity index (χ3n) is 4.06. The molecular weight excluding hydrogens is 246 g/mol. The highest BCUT2D eigenvalue weighted by atomic mass is 19.1. The van der Waals surface area contributed by atoms with Crippen molar-refractivity contribution in [2.75, 3.05) is 6.61 Å². The van der Waals surface area contributed by atoms with E-state index in [4.69, 9.17) is 4.74 Å². The van der Waals surface area contributed by atoms with Crippen molar-refractivity contribution in [3.05, 3.63) is 35.4 Å². The second-order valence-corrected chi connectivity index (χ2v) is 6.08. The molecule has 0 bridgehead atoms. The van der Waals surface area contributed by atoms with E-state index in [0.29, 0.717) is 5.92 Å². The quantitative estimate of drug-likeness (QED) is 0.774. The monoisotopic (exact) mass is 268 g/mol. The van der Waals surface area contributed by atoms with Crippen LogP contribution in [0.25, 0.3) is 0 Å². The Labute approximate surface area is 114 Å². The van der Waals surface area contributed by atoms with Crippen molar-refractivity contribution in [1.29, 1.82) is 0 Å². The van der Waals surface area contributed by atoms with Gasteiger partial charge in [0.25, 0.3) is 0 Å². The number of benzene rings is 1. The van der Waals surface area contributed by atoms with E-state index in [2.05, 4.69) is 20.8 Å². The van der Waals surface area contributed by atoms with Gasteiger partial charge in [-0.1, -0.05) is 6.92 Å². The number of rotatable bonds is 3. The molecule has 2 atom stereocenters. The Morgan fingerprint density at radius 2 is 1.89 bits per heavy atom. The van der Waals surface area contributed by atoms with Crippen LogP contribution in [0.15, 0.2) is 18.2 Å². The van der Waals surface area contributed by atoms with Gasteiger partial charge in [0.1, 0.15) is 11.6 Å². The number of hydrogen-bond donors (Lipinski definition) is 0. The van der Waals surface area contributed by atoms with Crippen LogP contribution in [0.5, 0.6) is 0 Å². The van der Waals surface area contributed by atoms with Gasteiger partial charge >= 0.3 is 0 Å². The molecule has 2 rings (SSSR count). The Morgan fingerprint density at radius 3 is 2.42 bits per heavy atom. The van der Waals surface area contributed by atoms with Gasteiger partial charge in [-0.05, 0) is 62.6 Å². The third-order valence-corrected chi connectivity index (χ3v) is 4.06. The smallest absolute Gasteiger partial charge is 0.126 e. The molecule has 106 valence electrons. The summed E-state index contributed by atoms with van der Waals surface area (Å²) in [4.78, 5) is 0. The maximum atomic E-state index is 13.4. The van der Waals surface area contributed by atoms with E-state index in [0.717, 1.165) is 37.5 Å². The fourth-order valence-electron chi connectivity index (χ4n) is 3.25. The number of ether oxygens (including phenoxy) is 1. The predicted octanol–water partition coefficient (Wildman–Crippen LogP) is 4.66. The summed E-state index contributed by atoms with van der Waals surface area (Å²) >= 11 is 0. The summed E-state index contributed by atoms with van der Waals surface area (Å²) in [6.07, 6.45) is 2.79. The maximum Gasteiger partial charge on any atom is 0.126 e. The van der Waals surface area contributed by atoms with Gasteiger partial charge in [-0.2, -0.15) is 0 Å². The highest BCUT2D eigenvalue weighted by Crippen LogP contribution is 2.40. The molecule has 0 amide bonds. The fraction of sp³-hybridized carbons (Fsp3) is 0.625. The van der Waals surface area contributed by atoms with E-state index in [9.17, 15) is 8.78 Å². The summed E-state index contributed by atoms with van der Waals surface area (Å²) in [6, 6.07) is 3.88. The highest BCUT2D eigenvalue weighted by Gasteiger charge is 2.33. The lowest BCUT2D eigenvalue weighted by Gasteiger charge is -2.39. The molecule has 1 saturated heterocycles. The van der Waals surface area contributed by atoms with E-state index < -0.39 is 11.6 Å². The summed E-state index contributed by atoms with van der Waals surface area (Å²) in [6.45, 7) is 6.97. The zero-order chi connectivity index (χ0) is 14.0. The third kappa shape index (κ3) is 3.53. The van der Waals surface area contributed by atoms with Crippen molar-refractivity contribution in [2.24, 2.45) is 5.92 Å². The molecule has 1 aliphatic heterocycles. The molecule has 0 aromatic heterocycles. The minimum Gasteiger partial charge on any atom is -0.376 e. The van der Waals surface area contributed by atoms with E-state index in [1.807, 2.05) is 0 Å². The van der Waals surface area contributed by atoms with Crippen molar-refractivity contribution in [1.82, 2.24) is 0 Å². The Bertz CT molecular complexity index is 422. The average molecular weight is 268 g/mol. The van der Waals surface area contributed by atoms with Gasteiger partial charge < -0.3 is 4.74 Å². The molecule has 1 aliphatic rings. The SMILES string of the molecule is CC[C@H](c1cc(F)cc(F)c1)[C@@H]1CCOC(C)(C)C1. The lowest BCUT2D eigenvalue weighted by atomic mass is 9.75. The number of halogens is 2. The van der Waals surface area contributed by atoms with Crippen LogP contribution in [0.2, 0.25) is 0 Å². The highest BCUT2D eigenvalue weighted by molar-refractivity contribution is 5.23. The van der Waals surface area contributed by atoms with E-state index in [-0.39, 0.29) is 11.5 Å². The second kappa shape index (κ2) is 5.58. The minimum atomic E-state index is -0.486. The number of hydrogen-bond acceptors (Lipinski definition) is 1. The molecule has 1 nitrogen and oxygen atoms in total. The van der Waals surface area contributed by atoms with Crippen LogP contribution in [0.4, 0.5) is 8.78 Å². The zero-order valence-corrected chi connectivity index (χ0v) is 11.9. The molecule has 3 heteroatoms. The van der Waals surface area contributed by atoms with E-state index >= 15 is 0 Å². The molecule has 0 saturated carbocycles. The van der Waals surface area contributed by atoms with Crippen LogP contribution >= 0.6 is 0 Å². The van der Waals surface area contributed by atoms with Gasteiger partial charge in [-0.15, -0.1) is 0 Å². The Kier molecular flexibility index (Phi) is 4.24. The standard InChI is InChI=1S/C16H22F2O/c1-4-15(11-5-6-19-16(2,3)10-11)12-7-13(17)9-14(18)8-12/h7-9,11,15H,4-6,10H2,1-3H3/t11-,15+/m1/s1. The van der Waals surface area contributed by atoms with Crippen LogP contribution in [0, 0.1) is 17.6 Å². The van der Waals surface area contributed by atoms with E-state index in [1.165, 1.54) is 12.1 Å². The molecule has 1 heterocycles. The predicted molar refractivity (Wildman–Crippen MR) is 72.1 cm³/mol. The lowest BCUT2D eigenvalue weighted by Crippen LogP contribution is -2.36. The molecule has 1 fully saturated rings. The summed E-state index contributed by atoms with van der Waals surface area (Å²) in [7, 11) is 0. The fourth-order valence-corrected chi connectivity index (χ4v) is 3.25. The van der Waals surface area contributed by atoms with Gasteiger partial charge in [-0.3, -0.25) is 0 Å². The van der Waals surface area contributed by atoms with Crippen molar-refractivity contribution >= 4 is 0 Å². The molecule has 0 radical (unpaired) electrons. The molecule has 0 unspecified atom stereocenters. The first-order chi connectivity index (χ1) is 8.91. The molecular formula is C16H22F2O. The first-order valence-electron chi connectivity index (χ1n) is 7.01. The van der Waals surface area contributed by atoms with Gasteiger partial charge in [0.2, 0.25) is 0 Å². The van der Waals surface area contributed by atoms with Crippen LogP contribution in [0.3, 0.4) is 0 Å². The van der Waals surface area contributed by atoms with Crippen molar-refractivity contribution in [3.8, 4) is 0 Å². The topological polar surface area (TPSA) is 9.23 Å². The Hall–Kier alpha value is -0.960. The zero-order valence-electron chi connectivity index (χ0n) is 11.9. The largest absolute Gasteiger partial charge is 0.376 e. The van der Waals surface area contributed by atoms with Gasteiger partial charge in [0, 0.05) is 12.7 Å². The minimum absolute atomic E-state index is 0.137. The van der Waals surface area contributed by atoms with E-state index in [1.54, 1.807) is 0 Å². The molecule has 0 spiro atoms. The van der Waals surface area contributed by atoms with Crippen LogP contribution in [-0.4, -0.2) is 12.2 Å². The Balaban J connectivity index is 2.23. The van der Waals surface area contributed by atoms with Crippen LogP contribution in [-0.2, 0) is 4.74 Å². The molecule has 1 aromatic rings. The summed E-state index contributed by atoms with van der Waals surface area (Å²) in [5.74, 6) is -0.345. The van der Waals surface area contributed by atoms with Crippen LogP contribution in [0.1, 0.15) is 51.5 Å². The molecule has 1 aromatic carbocycles. The summed E-state index contributed by atoms with van der Waals surface area (Å²) < 4.78 is 32.5. The average Bonchev–Trinajstić information content (AvgIpc) is 2.27. The lowest BCUT2D eigenvalue weighted by molar-refractivity contribution is -0.0770. The summed E-state index contributed by atoms with van der Waals surface area (Å²) in [5.41, 5.74) is 0.644.